The van der Waals surface area contributed by atoms with Crippen LogP contribution >= 0.6 is 0 Å². The summed E-state index contributed by atoms with van der Waals surface area (Å²) in [5.41, 5.74) is 0. The highest BCUT2D eigenvalue weighted by molar-refractivity contribution is 4.81. The van der Waals surface area contributed by atoms with E-state index in [1.807, 2.05) is 0 Å². The van der Waals surface area contributed by atoms with Crippen molar-refractivity contribution in [2.75, 3.05) is 78.6 Å². The Morgan fingerprint density at radius 3 is 1.62 bits per heavy atom. The molecule has 0 unspecified atom stereocenters. The van der Waals surface area contributed by atoms with E-state index in [1.165, 1.54) is 91.1 Å². The molecule has 0 aromatic heterocycles. The summed E-state index contributed by atoms with van der Waals surface area (Å²) in [5, 5.41) is 9.07. The summed E-state index contributed by atoms with van der Waals surface area (Å²) in [4.78, 5) is 10.5. The van der Waals surface area contributed by atoms with Crippen LogP contribution in [0.5, 0.6) is 0 Å². The summed E-state index contributed by atoms with van der Waals surface area (Å²) in [6, 6.07) is 0.705. The molecular weight excluding hydrogens is 324 g/mol. The van der Waals surface area contributed by atoms with Gasteiger partial charge in [-0.3, -0.25) is 4.90 Å². The van der Waals surface area contributed by atoms with Gasteiger partial charge in [-0.1, -0.05) is 0 Å². The molecule has 0 aromatic rings. The van der Waals surface area contributed by atoms with Crippen LogP contribution in [0, 0.1) is 11.8 Å². The maximum Gasteiger partial charge on any atom is 0.0558 e. The Morgan fingerprint density at radius 1 is 0.692 bits per heavy atom. The summed E-state index contributed by atoms with van der Waals surface area (Å²) in [5.74, 6) is 1.80. The third-order valence-corrected chi connectivity index (χ3v) is 7.00. The van der Waals surface area contributed by atoms with Gasteiger partial charge in [0.25, 0.3) is 0 Å². The molecule has 26 heavy (non-hydrogen) atoms. The zero-order valence-corrected chi connectivity index (χ0v) is 17.3. The van der Waals surface area contributed by atoms with Crippen molar-refractivity contribution in [3.8, 4) is 0 Å². The predicted molar refractivity (Wildman–Crippen MR) is 109 cm³/mol. The second kappa shape index (κ2) is 10.4. The van der Waals surface area contributed by atoms with Gasteiger partial charge in [-0.25, -0.2) is 0 Å². The Morgan fingerprint density at radius 2 is 1.15 bits per heavy atom. The van der Waals surface area contributed by atoms with E-state index in [4.69, 9.17) is 5.11 Å². The average Bonchev–Trinajstić information content (AvgIpc) is 2.66. The first-order chi connectivity index (χ1) is 12.6. The van der Waals surface area contributed by atoms with Gasteiger partial charge in [-0.05, 0) is 77.5 Å². The van der Waals surface area contributed by atoms with E-state index in [9.17, 15) is 0 Å². The molecule has 1 N–H and O–H groups in total. The summed E-state index contributed by atoms with van der Waals surface area (Å²) >= 11 is 0. The second-order valence-electron chi connectivity index (χ2n) is 9.18. The maximum absolute atomic E-state index is 9.07. The van der Waals surface area contributed by atoms with Gasteiger partial charge in [0.1, 0.15) is 0 Å². The van der Waals surface area contributed by atoms with Crippen LogP contribution in [0.2, 0.25) is 0 Å². The second-order valence-corrected chi connectivity index (χ2v) is 9.18. The highest BCUT2D eigenvalue weighted by atomic mass is 16.3. The molecular formula is C21H42N4O. The van der Waals surface area contributed by atoms with Crippen molar-refractivity contribution in [1.82, 2.24) is 19.6 Å². The SMILES string of the molecule is CC(C)N1CCN(CC2CCN(CC3CCN(CCO)CC3)CC2)CC1. The van der Waals surface area contributed by atoms with Crippen LogP contribution < -0.4 is 0 Å². The van der Waals surface area contributed by atoms with E-state index in [2.05, 4.69) is 33.4 Å². The molecule has 3 saturated heterocycles. The third-order valence-electron chi connectivity index (χ3n) is 7.00. The monoisotopic (exact) mass is 366 g/mol. The van der Waals surface area contributed by atoms with Crippen LogP contribution in [0.25, 0.3) is 0 Å². The molecule has 5 nitrogen and oxygen atoms in total. The van der Waals surface area contributed by atoms with E-state index in [-0.39, 0.29) is 0 Å². The first-order valence-corrected chi connectivity index (χ1v) is 11.2. The molecule has 0 bridgehead atoms. The Hall–Kier alpha value is -0.200. The maximum atomic E-state index is 9.07. The molecule has 0 saturated carbocycles. The van der Waals surface area contributed by atoms with E-state index >= 15 is 0 Å². The number of β-amino-alcohol motifs (C(OH)–C–C–N with tert-alkyl or cyclic N) is 1. The van der Waals surface area contributed by atoms with Crippen LogP contribution in [0.15, 0.2) is 0 Å². The molecule has 0 spiro atoms. The number of piperazine rings is 1. The fourth-order valence-corrected chi connectivity index (χ4v) is 5.08. The van der Waals surface area contributed by atoms with Gasteiger partial charge in [0.05, 0.1) is 6.61 Å². The van der Waals surface area contributed by atoms with Crippen LogP contribution in [-0.2, 0) is 0 Å². The highest BCUT2D eigenvalue weighted by Crippen LogP contribution is 2.23. The average molecular weight is 367 g/mol. The van der Waals surface area contributed by atoms with Gasteiger partial charge in [-0.2, -0.15) is 0 Å². The smallest absolute Gasteiger partial charge is 0.0558 e. The Kier molecular flexibility index (Phi) is 8.19. The fourth-order valence-electron chi connectivity index (χ4n) is 5.08. The standard InChI is InChI=1S/C21H42N4O/c1-19(2)25-13-11-24(12-14-25)18-21-5-9-23(10-6-21)17-20-3-7-22(8-4-20)15-16-26/h19-21,26H,3-18H2,1-2H3. The lowest BCUT2D eigenvalue weighted by molar-refractivity contribution is 0.0725. The molecule has 3 aliphatic heterocycles. The van der Waals surface area contributed by atoms with Crippen LogP contribution in [-0.4, -0.2) is 109 Å². The quantitative estimate of drug-likeness (QED) is 0.737. The van der Waals surface area contributed by atoms with Gasteiger partial charge in [-0.15, -0.1) is 0 Å². The van der Waals surface area contributed by atoms with Gasteiger partial charge in [0, 0.05) is 51.9 Å². The summed E-state index contributed by atoms with van der Waals surface area (Å²) in [6.45, 7) is 18.5. The molecule has 0 amide bonds. The number of nitrogens with zero attached hydrogens (tertiary/aromatic N) is 4. The van der Waals surface area contributed by atoms with Crippen LogP contribution in [0.4, 0.5) is 0 Å². The summed E-state index contributed by atoms with van der Waals surface area (Å²) in [7, 11) is 0. The first-order valence-electron chi connectivity index (χ1n) is 11.2. The van der Waals surface area contributed by atoms with Crippen molar-refractivity contribution in [3.63, 3.8) is 0 Å². The normalized spacial score (nSPS) is 26.8. The third kappa shape index (κ3) is 6.16. The van der Waals surface area contributed by atoms with Gasteiger partial charge >= 0.3 is 0 Å². The van der Waals surface area contributed by atoms with Crippen molar-refractivity contribution in [2.24, 2.45) is 11.8 Å². The minimum Gasteiger partial charge on any atom is -0.395 e. The number of aliphatic hydroxyl groups excluding tert-OH is 1. The van der Waals surface area contributed by atoms with E-state index in [0.29, 0.717) is 12.6 Å². The van der Waals surface area contributed by atoms with E-state index < -0.39 is 0 Å². The predicted octanol–water partition coefficient (Wildman–Crippen LogP) is 1.43. The highest BCUT2D eigenvalue weighted by Gasteiger charge is 2.26. The van der Waals surface area contributed by atoms with Crippen molar-refractivity contribution >= 4 is 0 Å². The van der Waals surface area contributed by atoms with E-state index in [1.54, 1.807) is 0 Å². The van der Waals surface area contributed by atoms with Crippen LogP contribution in [0.1, 0.15) is 39.5 Å². The number of likely N-dealkylation sites (tertiary alicyclic amines) is 2. The molecule has 0 radical (unpaired) electrons. The molecule has 3 aliphatic rings. The zero-order valence-electron chi connectivity index (χ0n) is 17.3. The zero-order chi connectivity index (χ0) is 18.4. The lowest BCUT2D eigenvalue weighted by atomic mass is 9.92. The Bertz CT molecular complexity index is 381. The fraction of sp³-hybridized carbons (Fsp3) is 1.00. The van der Waals surface area contributed by atoms with E-state index in [0.717, 1.165) is 18.4 Å². The van der Waals surface area contributed by atoms with Gasteiger partial charge in [0.2, 0.25) is 0 Å². The number of piperidine rings is 2. The molecule has 152 valence electrons. The minimum absolute atomic E-state index is 0.310. The molecule has 0 atom stereocenters. The van der Waals surface area contributed by atoms with Gasteiger partial charge in [0.15, 0.2) is 0 Å². The number of hydrogen-bond donors (Lipinski definition) is 1. The molecule has 3 rings (SSSR count). The Balaban J connectivity index is 1.29. The lowest BCUT2D eigenvalue weighted by Gasteiger charge is -2.41. The lowest BCUT2D eigenvalue weighted by Crippen LogP contribution is -2.50. The molecule has 0 aromatic carbocycles. The molecule has 0 aliphatic carbocycles. The van der Waals surface area contributed by atoms with Crippen molar-refractivity contribution in [2.45, 2.75) is 45.6 Å². The first kappa shape index (κ1) is 20.5. The summed E-state index contributed by atoms with van der Waals surface area (Å²) < 4.78 is 0. The molecule has 5 heteroatoms. The minimum atomic E-state index is 0.310. The summed E-state index contributed by atoms with van der Waals surface area (Å²) in [6.07, 6.45) is 5.43. The van der Waals surface area contributed by atoms with Crippen molar-refractivity contribution < 1.29 is 5.11 Å². The van der Waals surface area contributed by atoms with Crippen LogP contribution in [0.3, 0.4) is 0 Å². The Labute approximate surface area is 161 Å². The van der Waals surface area contributed by atoms with Crippen molar-refractivity contribution in [3.05, 3.63) is 0 Å². The molecule has 3 heterocycles. The number of hydrogen-bond acceptors (Lipinski definition) is 5. The number of rotatable bonds is 7. The topological polar surface area (TPSA) is 33.2 Å². The molecule has 3 fully saturated rings. The number of aliphatic hydroxyl groups is 1. The van der Waals surface area contributed by atoms with Gasteiger partial charge < -0.3 is 19.8 Å². The largest absolute Gasteiger partial charge is 0.395 e. The van der Waals surface area contributed by atoms with Crippen molar-refractivity contribution in [1.29, 1.82) is 0 Å².